The van der Waals surface area contributed by atoms with Crippen molar-refractivity contribution in [3.8, 4) is 0 Å². The van der Waals surface area contributed by atoms with Gasteiger partial charge in [0.1, 0.15) is 6.73 Å². The first-order chi connectivity index (χ1) is 8.47. The van der Waals surface area contributed by atoms with Gasteiger partial charge >= 0.3 is 0 Å². The quantitative estimate of drug-likeness (QED) is 0.573. The molecular formula is C14H20BrNOSi. The molecule has 0 aliphatic carbocycles. The van der Waals surface area contributed by atoms with E-state index in [1.807, 2.05) is 0 Å². The third kappa shape index (κ3) is 3.46. The van der Waals surface area contributed by atoms with Gasteiger partial charge in [0, 0.05) is 30.7 Å². The van der Waals surface area contributed by atoms with Gasteiger partial charge in [0.2, 0.25) is 0 Å². The van der Waals surface area contributed by atoms with Crippen molar-refractivity contribution in [1.29, 1.82) is 0 Å². The molecule has 0 amide bonds. The van der Waals surface area contributed by atoms with Gasteiger partial charge in [0.05, 0.1) is 5.52 Å². The van der Waals surface area contributed by atoms with Crippen molar-refractivity contribution >= 4 is 34.9 Å². The summed E-state index contributed by atoms with van der Waals surface area (Å²) in [6.07, 6.45) is 2.09. The lowest BCUT2D eigenvalue weighted by Gasteiger charge is -2.15. The van der Waals surface area contributed by atoms with E-state index < -0.39 is 8.07 Å². The monoisotopic (exact) mass is 325 g/mol. The molecule has 0 spiro atoms. The van der Waals surface area contributed by atoms with Crippen LogP contribution in [0.15, 0.2) is 34.9 Å². The highest BCUT2D eigenvalue weighted by molar-refractivity contribution is 9.10. The van der Waals surface area contributed by atoms with Crippen LogP contribution in [0.3, 0.4) is 0 Å². The molecule has 2 rings (SSSR count). The Morgan fingerprint density at radius 1 is 1.22 bits per heavy atom. The van der Waals surface area contributed by atoms with Crippen LogP contribution in [0, 0.1) is 0 Å². The minimum atomic E-state index is -0.984. The van der Waals surface area contributed by atoms with Crippen molar-refractivity contribution in [2.24, 2.45) is 0 Å². The molecule has 0 aliphatic heterocycles. The molecule has 0 atom stereocenters. The van der Waals surface area contributed by atoms with E-state index in [0.717, 1.165) is 11.1 Å². The largest absolute Gasteiger partial charge is 0.361 e. The van der Waals surface area contributed by atoms with Crippen LogP contribution in [-0.4, -0.2) is 19.2 Å². The van der Waals surface area contributed by atoms with Crippen molar-refractivity contribution in [2.75, 3.05) is 6.61 Å². The lowest BCUT2D eigenvalue weighted by Crippen LogP contribution is -2.21. The number of halogens is 1. The van der Waals surface area contributed by atoms with Gasteiger partial charge in [-0.1, -0.05) is 41.6 Å². The fourth-order valence-corrected chi connectivity index (χ4v) is 3.08. The maximum atomic E-state index is 5.78. The van der Waals surface area contributed by atoms with E-state index in [0.29, 0.717) is 6.73 Å². The van der Waals surface area contributed by atoms with Gasteiger partial charge in [-0.2, -0.15) is 0 Å². The number of hydrogen-bond acceptors (Lipinski definition) is 1. The fraction of sp³-hybridized carbons (Fsp3) is 0.429. The number of ether oxygens (including phenoxy) is 1. The standard InChI is InChI=1S/C14H20BrNOSi/c1-18(2,3)10-9-17-11-16-8-7-12-13(15)5-4-6-14(12)16/h4-8H,9-11H2,1-3H3. The van der Waals surface area contributed by atoms with Crippen LogP contribution in [0.4, 0.5) is 0 Å². The summed E-state index contributed by atoms with van der Waals surface area (Å²) in [5, 5.41) is 1.24. The molecule has 0 saturated heterocycles. The second-order valence-corrected chi connectivity index (χ2v) is 12.3. The first-order valence-electron chi connectivity index (χ1n) is 6.28. The summed E-state index contributed by atoms with van der Waals surface area (Å²) in [6, 6.07) is 9.60. The van der Waals surface area contributed by atoms with Gasteiger partial charge in [-0.15, -0.1) is 0 Å². The average Bonchev–Trinajstić information content (AvgIpc) is 2.68. The maximum Gasteiger partial charge on any atom is 0.122 e. The molecule has 0 radical (unpaired) electrons. The molecule has 0 N–H and O–H groups in total. The van der Waals surface area contributed by atoms with E-state index in [-0.39, 0.29) is 0 Å². The van der Waals surface area contributed by atoms with Gasteiger partial charge in [-0.05, 0) is 24.2 Å². The molecule has 4 heteroatoms. The summed E-state index contributed by atoms with van der Waals surface area (Å²) in [5.74, 6) is 0. The molecule has 2 nitrogen and oxygen atoms in total. The Bertz CT molecular complexity index is 530. The Kier molecular flexibility index (Phi) is 4.30. The first-order valence-corrected chi connectivity index (χ1v) is 10.8. The molecule has 1 aromatic carbocycles. The number of fused-ring (bicyclic) bond motifs is 1. The molecule has 1 heterocycles. The van der Waals surface area contributed by atoms with Crippen LogP contribution in [0.1, 0.15) is 0 Å². The predicted molar refractivity (Wildman–Crippen MR) is 83.7 cm³/mol. The zero-order valence-corrected chi connectivity index (χ0v) is 13.8. The molecule has 0 fully saturated rings. The molecule has 1 aromatic heterocycles. The van der Waals surface area contributed by atoms with E-state index >= 15 is 0 Å². The zero-order valence-electron chi connectivity index (χ0n) is 11.2. The highest BCUT2D eigenvalue weighted by Gasteiger charge is 2.12. The second kappa shape index (κ2) is 5.59. The molecule has 18 heavy (non-hydrogen) atoms. The lowest BCUT2D eigenvalue weighted by atomic mass is 10.2. The summed E-state index contributed by atoms with van der Waals surface area (Å²) >= 11 is 3.57. The van der Waals surface area contributed by atoms with Gasteiger partial charge in [-0.25, -0.2) is 0 Å². The van der Waals surface area contributed by atoms with E-state index in [9.17, 15) is 0 Å². The summed E-state index contributed by atoms with van der Waals surface area (Å²) in [4.78, 5) is 0. The van der Waals surface area contributed by atoms with Gasteiger partial charge < -0.3 is 9.30 Å². The van der Waals surface area contributed by atoms with Crippen molar-refractivity contribution < 1.29 is 4.74 Å². The third-order valence-corrected chi connectivity index (χ3v) is 5.38. The Hall–Kier alpha value is -0.583. The summed E-state index contributed by atoms with van der Waals surface area (Å²) in [6.45, 7) is 8.63. The first kappa shape index (κ1) is 13.8. The van der Waals surface area contributed by atoms with Crippen LogP contribution >= 0.6 is 15.9 Å². The van der Waals surface area contributed by atoms with Crippen LogP contribution in [0.5, 0.6) is 0 Å². The molecule has 0 aliphatic rings. The second-order valence-electron chi connectivity index (χ2n) is 5.81. The average molecular weight is 326 g/mol. The zero-order chi connectivity index (χ0) is 13.2. The van der Waals surface area contributed by atoms with E-state index in [4.69, 9.17) is 4.74 Å². The van der Waals surface area contributed by atoms with Crippen molar-refractivity contribution in [2.45, 2.75) is 32.4 Å². The van der Waals surface area contributed by atoms with E-state index in [1.54, 1.807) is 0 Å². The molecule has 0 unspecified atom stereocenters. The molecule has 0 saturated carbocycles. The van der Waals surface area contributed by atoms with Gasteiger partial charge in [0.25, 0.3) is 0 Å². The highest BCUT2D eigenvalue weighted by Crippen LogP contribution is 2.24. The number of nitrogens with zero attached hydrogens (tertiary/aromatic N) is 1. The minimum Gasteiger partial charge on any atom is -0.361 e. The number of aromatic nitrogens is 1. The SMILES string of the molecule is C[Si](C)(C)CCOCn1ccc2c(Br)cccc21. The summed E-state index contributed by atoms with van der Waals surface area (Å²) < 4.78 is 9.08. The molecule has 2 aromatic rings. The van der Waals surface area contributed by atoms with Gasteiger partial charge in [0.15, 0.2) is 0 Å². The van der Waals surface area contributed by atoms with Crippen molar-refractivity contribution in [1.82, 2.24) is 4.57 Å². The Morgan fingerprint density at radius 3 is 2.72 bits per heavy atom. The maximum absolute atomic E-state index is 5.78. The Labute approximate surface area is 118 Å². The molecule has 98 valence electrons. The fourth-order valence-electron chi connectivity index (χ4n) is 1.84. The van der Waals surface area contributed by atoms with E-state index in [2.05, 4.69) is 70.6 Å². The minimum absolute atomic E-state index is 0.643. The molecular weight excluding hydrogens is 306 g/mol. The number of rotatable bonds is 5. The molecule has 0 bridgehead atoms. The predicted octanol–water partition coefficient (Wildman–Crippen LogP) is 4.72. The lowest BCUT2D eigenvalue weighted by molar-refractivity contribution is 0.0902. The normalized spacial score (nSPS) is 12.2. The van der Waals surface area contributed by atoms with Crippen LogP contribution in [0.25, 0.3) is 10.9 Å². The Balaban J connectivity index is 1.98. The van der Waals surface area contributed by atoms with Crippen LogP contribution in [-0.2, 0) is 11.5 Å². The summed E-state index contributed by atoms with van der Waals surface area (Å²) in [5.41, 5.74) is 1.22. The summed E-state index contributed by atoms with van der Waals surface area (Å²) in [7, 11) is -0.984. The number of benzene rings is 1. The highest BCUT2D eigenvalue weighted by atomic mass is 79.9. The van der Waals surface area contributed by atoms with Gasteiger partial charge in [-0.3, -0.25) is 0 Å². The van der Waals surface area contributed by atoms with Crippen molar-refractivity contribution in [3.63, 3.8) is 0 Å². The topological polar surface area (TPSA) is 14.2 Å². The van der Waals surface area contributed by atoms with Crippen LogP contribution < -0.4 is 0 Å². The van der Waals surface area contributed by atoms with Crippen LogP contribution in [0.2, 0.25) is 25.7 Å². The van der Waals surface area contributed by atoms with Crippen molar-refractivity contribution in [3.05, 3.63) is 34.9 Å². The number of hydrogen-bond donors (Lipinski definition) is 0. The van der Waals surface area contributed by atoms with E-state index in [1.165, 1.54) is 16.9 Å². The smallest absolute Gasteiger partial charge is 0.122 e. The third-order valence-electron chi connectivity index (χ3n) is 2.99. The Morgan fingerprint density at radius 2 is 2.00 bits per heavy atom.